The van der Waals surface area contributed by atoms with Crippen molar-refractivity contribution in [1.29, 1.82) is 0 Å². The Kier molecular flexibility index (Phi) is 28.4. The largest absolute Gasteiger partial charge is 0.491 e. The number of likely N-dealkylation sites (N-methyl/N-ethyl adjacent to an activating group) is 2. The molecule has 6 rings (SSSR count). The maximum Gasteiger partial charge on any atom is 0.491 e. The molecule has 0 spiro atoms. The third kappa shape index (κ3) is 20.6. The summed E-state index contributed by atoms with van der Waals surface area (Å²) in [7, 11) is 1.33. The minimum atomic E-state index is -1.72. The van der Waals surface area contributed by atoms with Crippen LogP contribution in [0, 0.1) is 11.6 Å². The molecule has 0 heterocycles. The van der Waals surface area contributed by atoms with E-state index >= 15 is 0 Å². The Morgan fingerprint density at radius 2 is 0.986 bits per heavy atom. The fraction of sp³-hybridized carbons (Fsp3) is 0.273. The van der Waals surface area contributed by atoms with E-state index < -0.39 is 30.9 Å². The molecule has 0 bridgehead atoms. The minimum absolute atomic E-state index is 0. The van der Waals surface area contributed by atoms with Gasteiger partial charge in [0, 0.05) is 53.6 Å². The number of hydrogen-bond donors (Lipinski definition) is 6. The van der Waals surface area contributed by atoms with Crippen molar-refractivity contribution in [1.82, 2.24) is 21.3 Å². The van der Waals surface area contributed by atoms with Crippen LogP contribution in [-0.4, -0.2) is 79.2 Å². The van der Waals surface area contributed by atoms with Gasteiger partial charge in [-0.15, -0.1) is 0 Å². The van der Waals surface area contributed by atoms with Crippen LogP contribution < -0.4 is 36.2 Å². The van der Waals surface area contributed by atoms with Gasteiger partial charge in [-0.05, 0) is 105 Å². The first-order valence-corrected chi connectivity index (χ1v) is 23.5. The van der Waals surface area contributed by atoms with E-state index in [1.807, 2.05) is 64.1 Å². The van der Waals surface area contributed by atoms with Gasteiger partial charge in [-0.3, -0.25) is 19.2 Å². The van der Waals surface area contributed by atoms with Gasteiger partial charge in [-0.1, -0.05) is 134 Å². The lowest BCUT2D eigenvalue weighted by Gasteiger charge is -2.18. The molecule has 0 aliphatic heterocycles. The molecule has 0 fully saturated rings. The van der Waals surface area contributed by atoms with Gasteiger partial charge in [-0.2, -0.15) is 0 Å². The number of amides is 4. The number of carbonyl (C=O) groups is 4. The van der Waals surface area contributed by atoms with E-state index in [0.29, 0.717) is 44.7 Å². The molecule has 0 aliphatic rings. The van der Waals surface area contributed by atoms with Gasteiger partial charge < -0.3 is 40.8 Å². The second-order valence-corrected chi connectivity index (χ2v) is 17.7. The molecule has 0 aliphatic carbocycles. The SMILES string of the molecule is C.C.C.CNC(=O)C(Cc1ccc(-c2ccccc2F)cc1)NC(=O)c1ccc(OC(C)C)c(Cl)c1.CNC(=O)C(Cc1ccc(Br)cc1)NC(=O)c1ccc(OC(C)C)c(Cl)c1.OB(O)c1ccccc1F. The van der Waals surface area contributed by atoms with Crippen molar-refractivity contribution >= 4 is 75.3 Å². The summed E-state index contributed by atoms with van der Waals surface area (Å²) in [5.74, 6) is -1.29. The first-order chi connectivity index (χ1) is 33.3. The van der Waals surface area contributed by atoms with Gasteiger partial charge in [-0.25, -0.2) is 8.78 Å². The van der Waals surface area contributed by atoms with Gasteiger partial charge >= 0.3 is 7.12 Å². The highest BCUT2D eigenvalue weighted by Crippen LogP contribution is 2.28. The molecular formula is C55H66BBrCl2F2N4O8. The summed E-state index contributed by atoms with van der Waals surface area (Å²) in [5, 5.41) is 28.4. The van der Waals surface area contributed by atoms with Crippen molar-refractivity contribution in [2.24, 2.45) is 0 Å². The van der Waals surface area contributed by atoms with E-state index in [4.69, 9.17) is 42.7 Å². The lowest BCUT2D eigenvalue weighted by molar-refractivity contribution is -0.123. The predicted octanol–water partition coefficient (Wildman–Crippen LogP) is 10.4. The van der Waals surface area contributed by atoms with Gasteiger partial charge in [0.2, 0.25) is 11.8 Å². The standard InChI is InChI=1S/C26H26ClFN2O3.C20H22BrClN2O3.C6H6BFO2.3CH4/c1-16(2)33-24-13-12-19(15-21(24)27)25(31)30-23(26(32)29-3)14-17-8-10-18(11-9-17)20-6-4-5-7-22(20)28;1-12(2)27-18-9-6-14(11-16(18)22)19(25)24-17(20(26)23-3)10-13-4-7-15(21)8-5-13;8-6-4-2-1-3-5(6)7(9)10;;;/h4-13,15-16,23H,14H2,1-3H3,(H,29,32)(H,30,31);4-9,11-12,17H,10H2,1-3H3,(H,23,26)(H,24,25);1-4,9-10H;3*1H4. The summed E-state index contributed by atoms with van der Waals surface area (Å²) in [4.78, 5) is 50.1. The minimum Gasteiger partial charge on any atom is -0.489 e. The number of carbonyl (C=O) groups excluding carboxylic acids is 4. The van der Waals surface area contributed by atoms with E-state index in [1.54, 1.807) is 54.6 Å². The average molecular weight is 1110 g/mol. The summed E-state index contributed by atoms with van der Waals surface area (Å²) in [6.07, 6.45) is 0.571. The molecule has 6 aromatic carbocycles. The molecule has 0 saturated heterocycles. The Labute approximate surface area is 447 Å². The fourth-order valence-corrected chi connectivity index (χ4v) is 7.24. The van der Waals surface area contributed by atoms with Crippen molar-refractivity contribution < 1.29 is 47.5 Å². The van der Waals surface area contributed by atoms with Crippen LogP contribution in [0.15, 0.2) is 138 Å². The molecule has 2 atom stereocenters. The molecule has 2 unspecified atom stereocenters. The summed E-state index contributed by atoms with van der Waals surface area (Å²) < 4.78 is 38.7. The topological polar surface area (TPSA) is 175 Å². The smallest absolute Gasteiger partial charge is 0.489 e. The molecule has 4 amide bonds. The monoisotopic (exact) mass is 1110 g/mol. The normalized spacial score (nSPS) is 10.9. The van der Waals surface area contributed by atoms with Crippen molar-refractivity contribution in [2.75, 3.05) is 14.1 Å². The van der Waals surface area contributed by atoms with Gasteiger partial charge in [0.05, 0.1) is 22.3 Å². The number of hydrogen-bond acceptors (Lipinski definition) is 8. The van der Waals surface area contributed by atoms with E-state index in [2.05, 4.69) is 37.2 Å². The highest BCUT2D eigenvalue weighted by atomic mass is 79.9. The van der Waals surface area contributed by atoms with Gasteiger partial charge in [0.25, 0.3) is 11.8 Å². The van der Waals surface area contributed by atoms with Crippen molar-refractivity contribution in [3.8, 4) is 22.6 Å². The molecule has 392 valence electrons. The van der Waals surface area contributed by atoms with Crippen LogP contribution in [0.2, 0.25) is 10.0 Å². The van der Waals surface area contributed by atoms with E-state index in [1.165, 1.54) is 56.6 Å². The Morgan fingerprint density at radius 3 is 1.34 bits per heavy atom. The van der Waals surface area contributed by atoms with Crippen LogP contribution in [-0.2, 0) is 22.4 Å². The number of benzene rings is 6. The van der Waals surface area contributed by atoms with E-state index in [-0.39, 0.29) is 69.9 Å². The van der Waals surface area contributed by atoms with Crippen LogP contribution >= 0.6 is 39.1 Å². The number of nitrogens with one attached hydrogen (secondary N) is 4. The molecule has 0 aromatic heterocycles. The fourth-order valence-electron chi connectivity index (χ4n) is 6.53. The van der Waals surface area contributed by atoms with Crippen LogP contribution in [0.3, 0.4) is 0 Å². The van der Waals surface area contributed by atoms with Crippen molar-refractivity contribution in [2.45, 2.75) is 87.1 Å². The van der Waals surface area contributed by atoms with E-state index in [0.717, 1.165) is 21.2 Å². The quantitative estimate of drug-likeness (QED) is 0.0519. The van der Waals surface area contributed by atoms with Crippen LogP contribution in [0.5, 0.6) is 11.5 Å². The van der Waals surface area contributed by atoms with Crippen molar-refractivity contribution in [3.63, 3.8) is 0 Å². The zero-order valence-corrected chi connectivity index (χ0v) is 42.3. The summed E-state index contributed by atoms with van der Waals surface area (Å²) in [5.41, 5.74) is 3.58. The number of halogens is 5. The molecule has 73 heavy (non-hydrogen) atoms. The van der Waals surface area contributed by atoms with Crippen LogP contribution in [0.1, 0.15) is 81.8 Å². The van der Waals surface area contributed by atoms with Gasteiger partial charge in [0.1, 0.15) is 35.2 Å². The number of rotatable bonds is 16. The Morgan fingerprint density at radius 1 is 0.589 bits per heavy atom. The van der Waals surface area contributed by atoms with Gasteiger partial charge in [0.15, 0.2) is 0 Å². The second-order valence-electron chi connectivity index (χ2n) is 16.0. The average Bonchev–Trinajstić information content (AvgIpc) is 3.33. The summed E-state index contributed by atoms with van der Waals surface area (Å²) >= 11 is 15.8. The Bertz CT molecular complexity index is 2700. The van der Waals surface area contributed by atoms with Crippen LogP contribution in [0.25, 0.3) is 11.1 Å². The van der Waals surface area contributed by atoms with E-state index in [9.17, 15) is 28.0 Å². The molecule has 6 aromatic rings. The molecule has 18 heteroatoms. The van der Waals surface area contributed by atoms with Crippen molar-refractivity contribution in [3.05, 3.63) is 182 Å². The molecular weight excluding hydrogens is 1040 g/mol. The molecule has 0 saturated carbocycles. The Balaban J connectivity index is 0.000000599. The highest BCUT2D eigenvalue weighted by Gasteiger charge is 2.24. The third-order valence-electron chi connectivity index (χ3n) is 9.97. The maximum atomic E-state index is 14.0. The first-order valence-electron chi connectivity index (χ1n) is 22.0. The predicted molar refractivity (Wildman–Crippen MR) is 295 cm³/mol. The van der Waals surface area contributed by atoms with Crippen LogP contribution in [0.4, 0.5) is 8.78 Å². The number of ether oxygens (including phenoxy) is 2. The summed E-state index contributed by atoms with van der Waals surface area (Å²) in [6.45, 7) is 7.56. The lowest BCUT2D eigenvalue weighted by Crippen LogP contribution is -2.47. The second kappa shape index (κ2) is 32.0. The molecule has 0 radical (unpaired) electrons. The zero-order valence-electron chi connectivity index (χ0n) is 39.2. The lowest BCUT2D eigenvalue weighted by atomic mass is 9.80. The highest BCUT2D eigenvalue weighted by molar-refractivity contribution is 9.10. The third-order valence-corrected chi connectivity index (χ3v) is 11.1. The Hall–Kier alpha value is -6.30. The first kappa shape index (κ1) is 64.7. The summed E-state index contributed by atoms with van der Waals surface area (Å²) in [6, 6.07) is 34.9. The molecule has 6 N–H and O–H groups in total. The molecule has 12 nitrogen and oxygen atoms in total. The zero-order chi connectivity index (χ0) is 51.5. The maximum absolute atomic E-state index is 14.0.